The fourth-order valence-electron chi connectivity index (χ4n) is 1.81. The number of nitrogens with zero attached hydrogens (tertiary/aromatic N) is 1. The Balaban J connectivity index is 1.88. The fourth-order valence-corrected chi connectivity index (χ4v) is 2.70. The number of carbonyl (C=O) groups excluding carboxylic acids is 2. The number of aromatic nitrogens is 1. The normalized spacial score (nSPS) is 10.4. The molecule has 3 N–H and O–H groups in total. The molecule has 6 nitrogen and oxygen atoms in total. The molecule has 0 saturated heterocycles. The average Bonchev–Trinajstić information content (AvgIpc) is 2.84. The Morgan fingerprint density at radius 3 is 2.78 bits per heavy atom. The van der Waals surface area contributed by atoms with Crippen molar-refractivity contribution in [2.45, 2.75) is 26.3 Å². The number of nitrogens with one attached hydrogen (secondary N) is 3. The minimum atomic E-state index is -0.417. The molecule has 0 radical (unpaired) electrons. The van der Waals surface area contributed by atoms with E-state index in [4.69, 9.17) is 11.6 Å². The van der Waals surface area contributed by atoms with Crippen LogP contribution in [0.3, 0.4) is 0 Å². The Morgan fingerprint density at radius 2 is 2.09 bits per heavy atom. The summed E-state index contributed by atoms with van der Waals surface area (Å²) in [7, 11) is 0. The molecule has 0 unspecified atom stereocenters. The van der Waals surface area contributed by atoms with Crippen LogP contribution in [0, 0.1) is 0 Å². The van der Waals surface area contributed by atoms with Crippen molar-refractivity contribution in [1.29, 1.82) is 0 Å². The highest BCUT2D eigenvalue weighted by molar-refractivity contribution is 7.14. The molecular formula is C15H17ClN4O2S. The van der Waals surface area contributed by atoms with Crippen LogP contribution in [0.4, 0.5) is 15.6 Å². The van der Waals surface area contributed by atoms with Crippen LogP contribution < -0.4 is 16.0 Å². The number of urea groups is 1. The lowest BCUT2D eigenvalue weighted by atomic mass is 10.3. The zero-order valence-electron chi connectivity index (χ0n) is 12.7. The Hall–Kier alpha value is -2.12. The third-order valence-corrected chi connectivity index (χ3v) is 3.69. The van der Waals surface area contributed by atoms with Crippen LogP contribution in [0.5, 0.6) is 0 Å². The van der Waals surface area contributed by atoms with Crippen molar-refractivity contribution >= 4 is 45.7 Å². The first-order valence-corrected chi connectivity index (χ1v) is 8.25. The second-order valence-corrected chi connectivity index (χ2v) is 6.43. The number of hydrogen-bond acceptors (Lipinski definition) is 4. The number of halogens is 1. The predicted molar refractivity (Wildman–Crippen MR) is 93.2 cm³/mol. The first-order chi connectivity index (χ1) is 10.9. The molecule has 0 fully saturated rings. The molecule has 2 rings (SSSR count). The van der Waals surface area contributed by atoms with E-state index >= 15 is 0 Å². The van der Waals surface area contributed by atoms with E-state index in [9.17, 15) is 9.59 Å². The maximum atomic E-state index is 11.9. The highest BCUT2D eigenvalue weighted by Crippen LogP contribution is 2.18. The van der Waals surface area contributed by atoms with Gasteiger partial charge in [0.15, 0.2) is 5.13 Å². The van der Waals surface area contributed by atoms with Crippen LogP contribution >= 0.6 is 22.9 Å². The monoisotopic (exact) mass is 352 g/mol. The standard InChI is InChI=1S/C15H17ClN4O2S/c1-9(2)17-13(21)7-12-8-23-15(19-12)20-14(22)18-11-5-3-4-10(16)6-11/h3-6,8-9H,7H2,1-2H3,(H,17,21)(H2,18,19,20,22). The maximum Gasteiger partial charge on any atom is 0.325 e. The fraction of sp³-hybridized carbons (Fsp3) is 0.267. The number of hydrogen-bond donors (Lipinski definition) is 3. The lowest BCUT2D eigenvalue weighted by Crippen LogP contribution is -2.31. The van der Waals surface area contributed by atoms with E-state index in [1.807, 2.05) is 13.8 Å². The van der Waals surface area contributed by atoms with E-state index in [1.54, 1.807) is 29.6 Å². The zero-order valence-corrected chi connectivity index (χ0v) is 14.3. The molecule has 1 aromatic carbocycles. The van der Waals surface area contributed by atoms with Gasteiger partial charge in [0.05, 0.1) is 12.1 Å². The van der Waals surface area contributed by atoms with Gasteiger partial charge in [-0.3, -0.25) is 10.1 Å². The molecule has 0 atom stereocenters. The van der Waals surface area contributed by atoms with Crippen molar-refractivity contribution in [3.63, 3.8) is 0 Å². The quantitative estimate of drug-likeness (QED) is 0.770. The van der Waals surface area contributed by atoms with Crippen LogP contribution in [-0.4, -0.2) is 23.0 Å². The van der Waals surface area contributed by atoms with Crippen LogP contribution in [0.2, 0.25) is 5.02 Å². The summed E-state index contributed by atoms with van der Waals surface area (Å²) in [6, 6.07) is 6.51. The summed E-state index contributed by atoms with van der Waals surface area (Å²) in [5.74, 6) is -0.0970. The van der Waals surface area contributed by atoms with Crippen LogP contribution in [0.1, 0.15) is 19.5 Å². The molecule has 0 aliphatic heterocycles. The Bertz CT molecular complexity index is 702. The number of thiazole rings is 1. The second-order valence-electron chi connectivity index (χ2n) is 5.13. The summed E-state index contributed by atoms with van der Waals surface area (Å²) in [4.78, 5) is 27.8. The largest absolute Gasteiger partial charge is 0.354 e. The van der Waals surface area contributed by atoms with E-state index in [-0.39, 0.29) is 18.4 Å². The van der Waals surface area contributed by atoms with Gasteiger partial charge in [0.2, 0.25) is 5.91 Å². The summed E-state index contributed by atoms with van der Waals surface area (Å²) in [5.41, 5.74) is 1.20. The van der Waals surface area contributed by atoms with Gasteiger partial charge in [0.25, 0.3) is 0 Å². The number of anilines is 2. The molecule has 0 aliphatic rings. The van der Waals surface area contributed by atoms with E-state index in [1.165, 1.54) is 11.3 Å². The summed E-state index contributed by atoms with van der Waals surface area (Å²) < 4.78 is 0. The summed E-state index contributed by atoms with van der Waals surface area (Å²) in [6.07, 6.45) is 0.187. The lowest BCUT2D eigenvalue weighted by Gasteiger charge is -2.06. The molecule has 8 heteroatoms. The highest BCUT2D eigenvalue weighted by atomic mass is 35.5. The molecule has 122 valence electrons. The van der Waals surface area contributed by atoms with Gasteiger partial charge < -0.3 is 10.6 Å². The molecule has 1 heterocycles. The van der Waals surface area contributed by atoms with Gasteiger partial charge in [-0.05, 0) is 32.0 Å². The molecule has 23 heavy (non-hydrogen) atoms. The lowest BCUT2D eigenvalue weighted by molar-refractivity contribution is -0.120. The van der Waals surface area contributed by atoms with E-state index in [2.05, 4.69) is 20.9 Å². The Kier molecular flexibility index (Phi) is 5.95. The van der Waals surface area contributed by atoms with Crippen molar-refractivity contribution in [1.82, 2.24) is 10.3 Å². The van der Waals surface area contributed by atoms with Gasteiger partial charge in [-0.25, -0.2) is 9.78 Å². The molecule has 2 aromatic rings. The van der Waals surface area contributed by atoms with Crippen molar-refractivity contribution in [2.75, 3.05) is 10.6 Å². The Labute approximate surface area is 143 Å². The van der Waals surface area contributed by atoms with Gasteiger partial charge in [-0.1, -0.05) is 17.7 Å². The molecule has 0 aliphatic carbocycles. The van der Waals surface area contributed by atoms with Gasteiger partial charge in [0.1, 0.15) is 0 Å². The van der Waals surface area contributed by atoms with E-state index < -0.39 is 6.03 Å². The van der Waals surface area contributed by atoms with Crippen molar-refractivity contribution < 1.29 is 9.59 Å². The molecule has 0 saturated carbocycles. The van der Waals surface area contributed by atoms with E-state index in [0.29, 0.717) is 21.5 Å². The maximum absolute atomic E-state index is 11.9. The van der Waals surface area contributed by atoms with Gasteiger partial charge in [-0.2, -0.15) is 0 Å². The minimum Gasteiger partial charge on any atom is -0.354 e. The smallest absolute Gasteiger partial charge is 0.325 e. The van der Waals surface area contributed by atoms with E-state index in [0.717, 1.165) is 0 Å². The number of benzene rings is 1. The molecule has 0 bridgehead atoms. The van der Waals surface area contributed by atoms with Crippen LogP contribution in [0.15, 0.2) is 29.6 Å². The predicted octanol–water partition coefficient (Wildman–Crippen LogP) is 3.51. The van der Waals surface area contributed by atoms with Crippen molar-refractivity contribution in [3.8, 4) is 0 Å². The molecule has 3 amide bonds. The van der Waals surface area contributed by atoms with Gasteiger partial charge in [0, 0.05) is 22.1 Å². The third-order valence-electron chi connectivity index (χ3n) is 2.65. The highest BCUT2D eigenvalue weighted by Gasteiger charge is 2.10. The summed E-state index contributed by atoms with van der Waals surface area (Å²) >= 11 is 7.12. The summed E-state index contributed by atoms with van der Waals surface area (Å²) in [6.45, 7) is 3.79. The second kappa shape index (κ2) is 7.94. The third kappa shape index (κ3) is 5.88. The van der Waals surface area contributed by atoms with Crippen LogP contribution in [0.25, 0.3) is 0 Å². The zero-order chi connectivity index (χ0) is 16.8. The Morgan fingerprint density at radius 1 is 1.30 bits per heavy atom. The number of carbonyl (C=O) groups is 2. The average molecular weight is 353 g/mol. The van der Waals surface area contributed by atoms with Crippen molar-refractivity contribution in [3.05, 3.63) is 40.4 Å². The van der Waals surface area contributed by atoms with Gasteiger partial charge >= 0.3 is 6.03 Å². The van der Waals surface area contributed by atoms with Gasteiger partial charge in [-0.15, -0.1) is 11.3 Å². The summed E-state index contributed by atoms with van der Waals surface area (Å²) in [5, 5.41) is 10.8. The number of rotatable bonds is 5. The minimum absolute atomic E-state index is 0.0854. The topological polar surface area (TPSA) is 83.1 Å². The SMILES string of the molecule is CC(C)NC(=O)Cc1csc(NC(=O)Nc2cccc(Cl)c2)n1. The molecule has 1 aromatic heterocycles. The first kappa shape index (κ1) is 17.2. The van der Waals surface area contributed by atoms with Crippen LogP contribution in [-0.2, 0) is 11.2 Å². The van der Waals surface area contributed by atoms with Crippen molar-refractivity contribution in [2.24, 2.45) is 0 Å². The first-order valence-electron chi connectivity index (χ1n) is 6.99. The molecular weight excluding hydrogens is 336 g/mol. The number of amides is 3. The molecule has 0 spiro atoms.